The first-order valence-electron chi connectivity index (χ1n) is 6.36. The zero-order valence-electron chi connectivity index (χ0n) is 11.7. The smallest absolute Gasteiger partial charge is 0.303 e. The fourth-order valence-corrected chi connectivity index (χ4v) is 1.52. The Bertz CT molecular complexity index is 584. The van der Waals surface area contributed by atoms with Crippen LogP contribution in [0.25, 0.3) is 0 Å². The van der Waals surface area contributed by atoms with E-state index in [1.54, 1.807) is 0 Å². The number of non-ortho nitro benzene ring substituents is 1. The second-order valence-corrected chi connectivity index (χ2v) is 4.48. The summed E-state index contributed by atoms with van der Waals surface area (Å²) in [7, 11) is 0. The van der Waals surface area contributed by atoms with Crippen molar-refractivity contribution in [1.82, 2.24) is 5.32 Å². The number of nitrogens with zero attached hydrogens (tertiary/aromatic N) is 1. The number of nitro benzene ring substituents is 1. The molecule has 0 saturated carbocycles. The lowest BCUT2D eigenvalue weighted by atomic mass is 10.2. The Kier molecular flexibility index (Phi) is 5.99. The molecular formula is C13H15N3O6. The molecule has 9 heteroatoms. The quantitative estimate of drug-likeness (QED) is 0.505. The summed E-state index contributed by atoms with van der Waals surface area (Å²) in [6.07, 6.45) is -0.535. The van der Waals surface area contributed by atoms with Gasteiger partial charge in [0.25, 0.3) is 5.69 Å². The van der Waals surface area contributed by atoms with E-state index in [-0.39, 0.29) is 18.5 Å². The van der Waals surface area contributed by atoms with Crippen LogP contribution in [0.5, 0.6) is 0 Å². The molecule has 3 N–H and O–H groups in total. The first-order chi connectivity index (χ1) is 10.3. The Balaban J connectivity index is 2.51. The predicted molar refractivity (Wildman–Crippen MR) is 76.2 cm³/mol. The lowest BCUT2D eigenvalue weighted by Crippen LogP contribution is -2.41. The minimum Gasteiger partial charge on any atom is -0.481 e. The molecule has 0 aliphatic rings. The zero-order valence-corrected chi connectivity index (χ0v) is 11.7. The number of hydrogen-bond donors (Lipinski definition) is 3. The molecule has 0 aromatic heterocycles. The van der Waals surface area contributed by atoms with Gasteiger partial charge in [-0.1, -0.05) is 0 Å². The monoisotopic (exact) mass is 309 g/mol. The van der Waals surface area contributed by atoms with Crippen LogP contribution in [0.15, 0.2) is 24.3 Å². The zero-order chi connectivity index (χ0) is 16.7. The maximum atomic E-state index is 11.8. The van der Waals surface area contributed by atoms with Crippen molar-refractivity contribution in [2.24, 2.45) is 0 Å². The largest absolute Gasteiger partial charge is 0.481 e. The number of nitro groups is 1. The van der Waals surface area contributed by atoms with Crippen molar-refractivity contribution in [1.29, 1.82) is 0 Å². The molecule has 1 rings (SSSR count). The summed E-state index contributed by atoms with van der Waals surface area (Å²) in [5.41, 5.74) is 0.246. The van der Waals surface area contributed by atoms with Gasteiger partial charge in [0.2, 0.25) is 11.8 Å². The minimum atomic E-state index is -1.10. The van der Waals surface area contributed by atoms with Crippen molar-refractivity contribution in [3.05, 3.63) is 34.4 Å². The van der Waals surface area contributed by atoms with E-state index in [0.29, 0.717) is 5.69 Å². The van der Waals surface area contributed by atoms with Crippen molar-refractivity contribution < 1.29 is 24.4 Å². The van der Waals surface area contributed by atoms with E-state index in [1.165, 1.54) is 31.2 Å². The Morgan fingerprint density at radius 3 is 2.32 bits per heavy atom. The van der Waals surface area contributed by atoms with E-state index in [4.69, 9.17) is 5.11 Å². The maximum absolute atomic E-state index is 11.8. The molecule has 22 heavy (non-hydrogen) atoms. The van der Waals surface area contributed by atoms with Gasteiger partial charge < -0.3 is 15.7 Å². The molecule has 118 valence electrons. The number of amides is 2. The Morgan fingerprint density at radius 2 is 1.82 bits per heavy atom. The van der Waals surface area contributed by atoms with Crippen molar-refractivity contribution in [2.45, 2.75) is 25.8 Å². The van der Waals surface area contributed by atoms with Gasteiger partial charge in [-0.15, -0.1) is 0 Å². The number of hydrogen-bond acceptors (Lipinski definition) is 5. The molecule has 0 saturated heterocycles. The van der Waals surface area contributed by atoms with E-state index < -0.39 is 28.7 Å². The second-order valence-electron chi connectivity index (χ2n) is 4.48. The lowest BCUT2D eigenvalue weighted by molar-refractivity contribution is -0.384. The summed E-state index contributed by atoms with van der Waals surface area (Å²) in [5, 5.41) is 23.8. The van der Waals surface area contributed by atoms with Crippen LogP contribution >= 0.6 is 0 Å². The standard InChI is InChI=1S/C13H15N3O6/c1-8(14-11(17)6-7-12(18)19)13(20)15-9-2-4-10(5-3-9)16(21)22/h2-5,8H,6-7H2,1H3,(H,14,17)(H,15,20)(H,18,19)/t8-/m0/s1. The van der Waals surface area contributed by atoms with Gasteiger partial charge in [0, 0.05) is 24.2 Å². The molecule has 0 spiro atoms. The van der Waals surface area contributed by atoms with E-state index in [2.05, 4.69) is 10.6 Å². The summed E-state index contributed by atoms with van der Waals surface area (Å²) in [6.45, 7) is 1.44. The second kappa shape index (κ2) is 7.72. The molecule has 1 atom stereocenters. The van der Waals surface area contributed by atoms with Crippen LogP contribution in [0.3, 0.4) is 0 Å². The lowest BCUT2D eigenvalue weighted by Gasteiger charge is -2.13. The highest BCUT2D eigenvalue weighted by Gasteiger charge is 2.16. The van der Waals surface area contributed by atoms with Gasteiger partial charge in [-0.3, -0.25) is 24.5 Å². The van der Waals surface area contributed by atoms with Crippen LogP contribution in [0.1, 0.15) is 19.8 Å². The van der Waals surface area contributed by atoms with Gasteiger partial charge >= 0.3 is 5.97 Å². The molecule has 0 aliphatic heterocycles. The average Bonchev–Trinajstić information content (AvgIpc) is 2.45. The number of rotatable bonds is 7. The summed E-state index contributed by atoms with van der Waals surface area (Å²) >= 11 is 0. The van der Waals surface area contributed by atoms with Gasteiger partial charge in [0.15, 0.2) is 0 Å². The van der Waals surface area contributed by atoms with Gasteiger partial charge in [0.1, 0.15) is 6.04 Å². The third-order valence-electron chi connectivity index (χ3n) is 2.68. The van der Waals surface area contributed by atoms with Crippen molar-refractivity contribution in [2.75, 3.05) is 5.32 Å². The number of carbonyl (C=O) groups is 3. The Labute approximate surface area is 125 Å². The molecule has 1 aromatic rings. The Hall–Kier alpha value is -2.97. The highest BCUT2D eigenvalue weighted by Crippen LogP contribution is 2.15. The summed E-state index contributed by atoms with van der Waals surface area (Å²) in [4.78, 5) is 43.5. The van der Waals surface area contributed by atoms with Gasteiger partial charge in [-0.2, -0.15) is 0 Å². The van der Waals surface area contributed by atoms with Gasteiger partial charge in [-0.05, 0) is 19.1 Å². The molecule has 0 radical (unpaired) electrons. The molecule has 0 fully saturated rings. The van der Waals surface area contributed by atoms with E-state index in [0.717, 1.165) is 0 Å². The molecule has 0 aliphatic carbocycles. The fraction of sp³-hybridized carbons (Fsp3) is 0.308. The number of nitrogens with one attached hydrogen (secondary N) is 2. The molecule has 0 bridgehead atoms. The fourth-order valence-electron chi connectivity index (χ4n) is 1.52. The summed E-state index contributed by atoms with van der Waals surface area (Å²) < 4.78 is 0. The van der Waals surface area contributed by atoms with Crippen molar-refractivity contribution in [3.63, 3.8) is 0 Å². The van der Waals surface area contributed by atoms with Crippen LogP contribution in [0.2, 0.25) is 0 Å². The summed E-state index contributed by atoms with van der Waals surface area (Å²) in [6, 6.07) is 4.36. The van der Waals surface area contributed by atoms with Crippen LogP contribution in [-0.4, -0.2) is 33.9 Å². The SMILES string of the molecule is C[C@H](NC(=O)CCC(=O)O)C(=O)Nc1ccc([N+](=O)[O-])cc1. The van der Waals surface area contributed by atoms with Crippen molar-refractivity contribution in [3.8, 4) is 0 Å². The van der Waals surface area contributed by atoms with E-state index in [9.17, 15) is 24.5 Å². The number of carboxylic acids is 1. The number of aliphatic carboxylic acids is 1. The average molecular weight is 309 g/mol. The van der Waals surface area contributed by atoms with Crippen LogP contribution in [-0.2, 0) is 14.4 Å². The number of anilines is 1. The topological polar surface area (TPSA) is 139 Å². The first kappa shape index (κ1) is 17.1. The van der Waals surface area contributed by atoms with Crippen LogP contribution < -0.4 is 10.6 Å². The van der Waals surface area contributed by atoms with Gasteiger partial charge in [0.05, 0.1) is 11.3 Å². The highest BCUT2D eigenvalue weighted by molar-refractivity contribution is 5.97. The van der Waals surface area contributed by atoms with Crippen LogP contribution in [0.4, 0.5) is 11.4 Å². The predicted octanol–water partition coefficient (Wildman–Crippen LogP) is 0.903. The third kappa shape index (κ3) is 5.57. The summed E-state index contributed by atoms with van der Waals surface area (Å²) in [5.74, 6) is -2.16. The first-order valence-corrected chi connectivity index (χ1v) is 6.36. The number of carboxylic acid groups (broad SMARTS) is 1. The van der Waals surface area contributed by atoms with Gasteiger partial charge in [-0.25, -0.2) is 0 Å². The minimum absolute atomic E-state index is 0.104. The molecule has 0 unspecified atom stereocenters. The normalized spacial score (nSPS) is 11.3. The number of carbonyl (C=O) groups excluding carboxylic acids is 2. The molecule has 2 amide bonds. The molecule has 0 heterocycles. The van der Waals surface area contributed by atoms with E-state index in [1.807, 2.05) is 0 Å². The molecule has 9 nitrogen and oxygen atoms in total. The third-order valence-corrected chi connectivity index (χ3v) is 2.68. The Morgan fingerprint density at radius 1 is 1.23 bits per heavy atom. The van der Waals surface area contributed by atoms with Crippen LogP contribution in [0, 0.1) is 10.1 Å². The van der Waals surface area contributed by atoms with Crippen molar-refractivity contribution >= 4 is 29.2 Å². The van der Waals surface area contributed by atoms with E-state index >= 15 is 0 Å². The maximum Gasteiger partial charge on any atom is 0.303 e. The molecule has 1 aromatic carbocycles. The number of benzene rings is 1. The molecular weight excluding hydrogens is 294 g/mol. The highest BCUT2D eigenvalue weighted by atomic mass is 16.6.